The van der Waals surface area contributed by atoms with Crippen LogP contribution in [0.1, 0.15) is 15.9 Å². The molecule has 3 N–H and O–H groups in total. The topological polar surface area (TPSA) is 73.6 Å². The van der Waals surface area contributed by atoms with Crippen LogP contribution in [0.15, 0.2) is 36.4 Å². The van der Waals surface area contributed by atoms with Crippen LogP contribution in [0.5, 0.6) is 11.5 Å². The lowest BCUT2D eigenvalue weighted by atomic mass is 10.1. The summed E-state index contributed by atoms with van der Waals surface area (Å²) in [5.74, 6) is 0.959. The number of anilines is 2. The van der Waals surface area contributed by atoms with Crippen molar-refractivity contribution in [2.75, 3.05) is 25.3 Å². The number of benzene rings is 2. The normalized spacial score (nSPS) is 10.0. The summed E-state index contributed by atoms with van der Waals surface area (Å²) in [6.45, 7) is 1.89. The largest absolute Gasteiger partial charge is 0.493 e. The van der Waals surface area contributed by atoms with Crippen molar-refractivity contribution in [2.45, 2.75) is 6.92 Å². The van der Waals surface area contributed by atoms with E-state index in [4.69, 9.17) is 15.2 Å². The van der Waals surface area contributed by atoms with Crippen LogP contribution in [0.2, 0.25) is 0 Å². The molecule has 0 saturated heterocycles. The van der Waals surface area contributed by atoms with E-state index < -0.39 is 0 Å². The number of carbonyl (C=O) groups excluding carboxylic acids is 1. The molecule has 0 aliphatic rings. The molecule has 2 rings (SSSR count). The van der Waals surface area contributed by atoms with E-state index in [1.807, 2.05) is 13.0 Å². The van der Waals surface area contributed by atoms with E-state index in [0.717, 1.165) is 5.56 Å². The van der Waals surface area contributed by atoms with Gasteiger partial charge >= 0.3 is 0 Å². The Labute approximate surface area is 123 Å². The molecule has 0 radical (unpaired) electrons. The molecule has 0 aliphatic heterocycles. The highest BCUT2D eigenvalue weighted by Crippen LogP contribution is 2.33. The molecule has 0 atom stereocenters. The zero-order valence-electron chi connectivity index (χ0n) is 12.3. The summed E-state index contributed by atoms with van der Waals surface area (Å²) in [7, 11) is 3.12. The smallest absolute Gasteiger partial charge is 0.255 e. The Kier molecular flexibility index (Phi) is 4.33. The lowest BCUT2D eigenvalue weighted by Gasteiger charge is -2.13. The van der Waals surface area contributed by atoms with Crippen molar-refractivity contribution in [3.8, 4) is 11.5 Å². The molecule has 110 valence electrons. The van der Waals surface area contributed by atoms with Gasteiger partial charge in [0, 0.05) is 23.0 Å². The molecule has 0 spiro atoms. The van der Waals surface area contributed by atoms with Crippen molar-refractivity contribution < 1.29 is 14.3 Å². The standard InChI is InChI=1S/C16H18N2O3/c1-10-7-14(20-2)15(21-3)9-13(10)18-16(19)11-5-4-6-12(17)8-11/h4-9H,17H2,1-3H3,(H,18,19). The summed E-state index contributed by atoms with van der Waals surface area (Å²) in [5.41, 5.74) is 8.28. The maximum absolute atomic E-state index is 12.2. The molecule has 5 heteroatoms. The lowest BCUT2D eigenvalue weighted by molar-refractivity contribution is 0.102. The van der Waals surface area contributed by atoms with Gasteiger partial charge in [-0.05, 0) is 36.8 Å². The Morgan fingerprint density at radius 1 is 1.10 bits per heavy atom. The molecular formula is C16H18N2O3. The first-order chi connectivity index (χ1) is 10.0. The minimum Gasteiger partial charge on any atom is -0.493 e. The third-order valence-corrected chi connectivity index (χ3v) is 3.13. The van der Waals surface area contributed by atoms with E-state index in [1.165, 1.54) is 0 Å². The van der Waals surface area contributed by atoms with Gasteiger partial charge in [-0.3, -0.25) is 4.79 Å². The van der Waals surface area contributed by atoms with Crippen molar-refractivity contribution in [3.05, 3.63) is 47.5 Å². The maximum atomic E-state index is 12.2. The Bertz CT molecular complexity index is 669. The summed E-state index contributed by atoms with van der Waals surface area (Å²) in [6.07, 6.45) is 0. The number of hydrogen-bond acceptors (Lipinski definition) is 4. The van der Waals surface area contributed by atoms with E-state index in [2.05, 4.69) is 5.32 Å². The second kappa shape index (κ2) is 6.17. The van der Waals surface area contributed by atoms with Crippen LogP contribution in [-0.2, 0) is 0 Å². The van der Waals surface area contributed by atoms with Crippen LogP contribution < -0.4 is 20.5 Å². The Hall–Kier alpha value is -2.69. The van der Waals surface area contributed by atoms with E-state index >= 15 is 0 Å². The predicted octanol–water partition coefficient (Wildman–Crippen LogP) is 2.85. The number of nitrogen functional groups attached to an aromatic ring is 1. The second-order valence-electron chi connectivity index (χ2n) is 4.60. The lowest BCUT2D eigenvalue weighted by Crippen LogP contribution is -2.13. The fraction of sp³-hybridized carbons (Fsp3) is 0.188. The number of rotatable bonds is 4. The van der Waals surface area contributed by atoms with Crippen LogP contribution in [0.25, 0.3) is 0 Å². The number of nitrogens with two attached hydrogens (primary N) is 1. The minimum atomic E-state index is -0.224. The van der Waals surface area contributed by atoms with Crippen molar-refractivity contribution in [2.24, 2.45) is 0 Å². The molecule has 0 bridgehead atoms. The highest BCUT2D eigenvalue weighted by molar-refractivity contribution is 6.05. The maximum Gasteiger partial charge on any atom is 0.255 e. The van der Waals surface area contributed by atoms with Gasteiger partial charge in [0.05, 0.1) is 14.2 Å². The number of ether oxygens (including phenoxy) is 2. The van der Waals surface area contributed by atoms with Crippen molar-refractivity contribution >= 4 is 17.3 Å². The Morgan fingerprint density at radius 3 is 2.38 bits per heavy atom. The van der Waals surface area contributed by atoms with E-state index in [9.17, 15) is 4.79 Å². The van der Waals surface area contributed by atoms with Crippen molar-refractivity contribution in [1.82, 2.24) is 0 Å². The average Bonchev–Trinajstić information content (AvgIpc) is 2.48. The molecule has 0 unspecified atom stereocenters. The zero-order chi connectivity index (χ0) is 15.4. The molecule has 5 nitrogen and oxygen atoms in total. The molecule has 21 heavy (non-hydrogen) atoms. The van der Waals surface area contributed by atoms with Gasteiger partial charge in [-0.15, -0.1) is 0 Å². The highest BCUT2D eigenvalue weighted by atomic mass is 16.5. The third-order valence-electron chi connectivity index (χ3n) is 3.13. The number of nitrogens with one attached hydrogen (secondary N) is 1. The number of amides is 1. The van der Waals surface area contributed by atoms with Crippen LogP contribution in [0.4, 0.5) is 11.4 Å². The molecule has 2 aromatic carbocycles. The zero-order valence-corrected chi connectivity index (χ0v) is 12.3. The van der Waals surface area contributed by atoms with Crippen LogP contribution in [0, 0.1) is 6.92 Å². The van der Waals surface area contributed by atoms with Gasteiger partial charge in [0.1, 0.15) is 0 Å². The van der Waals surface area contributed by atoms with Crippen molar-refractivity contribution in [3.63, 3.8) is 0 Å². The fourth-order valence-corrected chi connectivity index (χ4v) is 1.99. The molecule has 0 heterocycles. The molecule has 0 aromatic heterocycles. The van der Waals surface area contributed by atoms with Gasteiger partial charge in [0.15, 0.2) is 11.5 Å². The van der Waals surface area contributed by atoms with Crippen molar-refractivity contribution in [1.29, 1.82) is 0 Å². The molecular weight excluding hydrogens is 268 g/mol. The summed E-state index contributed by atoms with van der Waals surface area (Å²) in [6, 6.07) is 10.4. The number of hydrogen-bond donors (Lipinski definition) is 2. The second-order valence-corrected chi connectivity index (χ2v) is 4.60. The van der Waals surface area contributed by atoms with E-state index in [0.29, 0.717) is 28.4 Å². The van der Waals surface area contributed by atoms with Gasteiger partial charge < -0.3 is 20.5 Å². The molecule has 1 amide bonds. The fourth-order valence-electron chi connectivity index (χ4n) is 1.99. The van der Waals surface area contributed by atoms with E-state index in [1.54, 1.807) is 44.6 Å². The average molecular weight is 286 g/mol. The molecule has 0 saturated carbocycles. The predicted molar refractivity (Wildman–Crippen MR) is 83.1 cm³/mol. The first kappa shape index (κ1) is 14.7. The first-order valence-corrected chi connectivity index (χ1v) is 6.44. The number of aryl methyl sites for hydroxylation is 1. The number of carbonyl (C=O) groups is 1. The molecule has 0 fully saturated rings. The Morgan fingerprint density at radius 2 is 1.76 bits per heavy atom. The monoisotopic (exact) mass is 286 g/mol. The number of methoxy groups -OCH3 is 2. The summed E-state index contributed by atoms with van der Waals surface area (Å²) >= 11 is 0. The van der Waals surface area contributed by atoms with Crippen LogP contribution in [0.3, 0.4) is 0 Å². The third kappa shape index (κ3) is 3.25. The Balaban J connectivity index is 2.29. The SMILES string of the molecule is COc1cc(C)c(NC(=O)c2cccc(N)c2)cc1OC. The summed E-state index contributed by atoms with van der Waals surface area (Å²) in [4.78, 5) is 12.2. The summed E-state index contributed by atoms with van der Waals surface area (Å²) < 4.78 is 10.5. The van der Waals surface area contributed by atoms with Gasteiger partial charge in [-0.2, -0.15) is 0 Å². The van der Waals surface area contributed by atoms with Gasteiger partial charge in [0.2, 0.25) is 0 Å². The quantitative estimate of drug-likeness (QED) is 0.848. The molecule has 0 aliphatic carbocycles. The van der Waals surface area contributed by atoms with Gasteiger partial charge in [-0.25, -0.2) is 0 Å². The highest BCUT2D eigenvalue weighted by Gasteiger charge is 2.12. The minimum absolute atomic E-state index is 0.224. The van der Waals surface area contributed by atoms with Crippen LogP contribution >= 0.6 is 0 Å². The van der Waals surface area contributed by atoms with E-state index in [-0.39, 0.29) is 5.91 Å². The van der Waals surface area contributed by atoms with Gasteiger partial charge in [0.25, 0.3) is 5.91 Å². The van der Waals surface area contributed by atoms with Gasteiger partial charge in [-0.1, -0.05) is 6.07 Å². The first-order valence-electron chi connectivity index (χ1n) is 6.44. The summed E-state index contributed by atoms with van der Waals surface area (Å²) in [5, 5.41) is 2.85. The van der Waals surface area contributed by atoms with Crippen LogP contribution in [-0.4, -0.2) is 20.1 Å². The molecule has 2 aromatic rings.